The molecule has 0 radical (unpaired) electrons. The van der Waals surface area contributed by atoms with E-state index < -0.39 is 0 Å². The molecule has 0 spiro atoms. The molecule has 2 heteroatoms. The van der Waals surface area contributed by atoms with Crippen molar-refractivity contribution in [2.75, 3.05) is 12.3 Å². The zero-order chi connectivity index (χ0) is 10.9. The fourth-order valence-electron chi connectivity index (χ4n) is 1.62. The van der Waals surface area contributed by atoms with E-state index in [9.17, 15) is 0 Å². The van der Waals surface area contributed by atoms with Crippen LogP contribution in [0.25, 0.3) is 0 Å². The molecule has 0 aliphatic carbocycles. The minimum atomic E-state index is 0.239. The molecule has 1 nitrogen and oxygen atoms in total. The van der Waals surface area contributed by atoms with E-state index in [1.54, 1.807) is 0 Å². The van der Waals surface area contributed by atoms with Crippen LogP contribution < -0.4 is 0 Å². The van der Waals surface area contributed by atoms with Gasteiger partial charge in [-0.1, -0.05) is 45.0 Å². The van der Waals surface area contributed by atoms with E-state index in [1.807, 2.05) is 11.8 Å². The molecular formula is C13H17NS. The Labute approximate surface area is 96.0 Å². The molecule has 15 heavy (non-hydrogen) atoms. The smallest absolute Gasteiger partial charge is 0.0977 e. The Hall–Kier alpha value is -0.760. The van der Waals surface area contributed by atoms with E-state index in [0.717, 1.165) is 12.3 Å². The summed E-state index contributed by atoms with van der Waals surface area (Å²) in [5, 5.41) is 1.20. The summed E-state index contributed by atoms with van der Waals surface area (Å²) in [4.78, 5) is 4.48. The van der Waals surface area contributed by atoms with Crippen LogP contribution in [-0.4, -0.2) is 17.3 Å². The number of thioether (sulfide) groups is 1. The summed E-state index contributed by atoms with van der Waals surface area (Å²) >= 11 is 1.86. The SMILES string of the molecule is CC(C)(C)c1ccc(C2=NCCS2)cc1. The minimum Gasteiger partial charge on any atom is -0.277 e. The van der Waals surface area contributed by atoms with Gasteiger partial charge < -0.3 is 0 Å². The first-order valence-corrected chi connectivity index (χ1v) is 6.34. The summed E-state index contributed by atoms with van der Waals surface area (Å²) in [5.41, 5.74) is 2.89. The van der Waals surface area contributed by atoms with Crippen LogP contribution in [0.2, 0.25) is 0 Å². The number of hydrogen-bond donors (Lipinski definition) is 0. The number of nitrogens with zero attached hydrogens (tertiary/aromatic N) is 1. The Morgan fingerprint density at radius 1 is 1.13 bits per heavy atom. The molecule has 1 aliphatic rings. The molecule has 0 atom stereocenters. The molecule has 1 aliphatic heterocycles. The molecule has 0 unspecified atom stereocenters. The maximum atomic E-state index is 4.48. The third kappa shape index (κ3) is 2.43. The summed E-state index contributed by atoms with van der Waals surface area (Å²) in [6.45, 7) is 7.69. The van der Waals surface area contributed by atoms with Crippen LogP contribution >= 0.6 is 11.8 Å². The Morgan fingerprint density at radius 2 is 1.80 bits per heavy atom. The molecule has 1 aromatic carbocycles. The van der Waals surface area contributed by atoms with Crippen molar-refractivity contribution in [3.8, 4) is 0 Å². The summed E-state index contributed by atoms with van der Waals surface area (Å²) in [6, 6.07) is 8.82. The standard InChI is InChI=1S/C13H17NS/c1-13(2,3)11-6-4-10(5-7-11)12-14-8-9-15-12/h4-7H,8-9H2,1-3H3. The van der Waals surface area contributed by atoms with Gasteiger partial charge in [0.1, 0.15) is 0 Å². The first-order chi connectivity index (χ1) is 7.07. The predicted octanol–water partition coefficient (Wildman–Crippen LogP) is 3.48. The highest BCUT2D eigenvalue weighted by molar-refractivity contribution is 8.14. The zero-order valence-corrected chi connectivity index (χ0v) is 10.4. The van der Waals surface area contributed by atoms with E-state index >= 15 is 0 Å². The van der Waals surface area contributed by atoms with Crippen molar-refractivity contribution in [3.05, 3.63) is 35.4 Å². The molecule has 0 N–H and O–H groups in total. The zero-order valence-electron chi connectivity index (χ0n) is 9.58. The van der Waals surface area contributed by atoms with E-state index in [4.69, 9.17) is 0 Å². The Balaban J connectivity index is 2.24. The first kappa shape index (κ1) is 10.7. The second kappa shape index (κ2) is 4.01. The van der Waals surface area contributed by atoms with Crippen LogP contribution in [0.4, 0.5) is 0 Å². The van der Waals surface area contributed by atoms with Crippen molar-refractivity contribution < 1.29 is 0 Å². The van der Waals surface area contributed by atoms with Gasteiger partial charge in [-0.2, -0.15) is 0 Å². The lowest BCUT2D eigenvalue weighted by Gasteiger charge is -2.19. The van der Waals surface area contributed by atoms with Crippen molar-refractivity contribution in [1.29, 1.82) is 0 Å². The van der Waals surface area contributed by atoms with Crippen molar-refractivity contribution >= 4 is 16.8 Å². The second-order valence-electron chi connectivity index (χ2n) is 4.86. The molecule has 2 rings (SSSR count). The van der Waals surface area contributed by atoms with Gasteiger partial charge in [0.25, 0.3) is 0 Å². The molecule has 0 amide bonds. The van der Waals surface area contributed by atoms with Crippen molar-refractivity contribution in [1.82, 2.24) is 0 Å². The van der Waals surface area contributed by atoms with Gasteiger partial charge >= 0.3 is 0 Å². The highest BCUT2D eigenvalue weighted by Crippen LogP contribution is 2.24. The molecule has 0 bridgehead atoms. The maximum absolute atomic E-state index is 4.48. The summed E-state index contributed by atoms with van der Waals surface area (Å²) in [6.07, 6.45) is 0. The second-order valence-corrected chi connectivity index (χ2v) is 5.95. The molecule has 0 aromatic heterocycles. The molecule has 1 heterocycles. The monoisotopic (exact) mass is 219 g/mol. The lowest BCUT2D eigenvalue weighted by Crippen LogP contribution is -2.10. The van der Waals surface area contributed by atoms with Crippen molar-refractivity contribution in [3.63, 3.8) is 0 Å². The number of hydrogen-bond acceptors (Lipinski definition) is 2. The van der Waals surface area contributed by atoms with Crippen LogP contribution in [0.15, 0.2) is 29.3 Å². The fourth-order valence-corrected chi connectivity index (χ4v) is 2.48. The predicted molar refractivity (Wildman–Crippen MR) is 69.0 cm³/mol. The van der Waals surface area contributed by atoms with E-state index in [1.165, 1.54) is 16.2 Å². The lowest BCUT2D eigenvalue weighted by molar-refractivity contribution is 0.590. The van der Waals surface area contributed by atoms with E-state index in [0.29, 0.717) is 0 Å². The van der Waals surface area contributed by atoms with Crippen molar-refractivity contribution in [2.24, 2.45) is 4.99 Å². The average Bonchev–Trinajstić information content (AvgIpc) is 2.69. The van der Waals surface area contributed by atoms with Gasteiger partial charge in [-0.25, -0.2) is 0 Å². The van der Waals surface area contributed by atoms with Gasteiger partial charge in [0.05, 0.1) is 5.04 Å². The molecule has 0 saturated carbocycles. The molecule has 0 saturated heterocycles. The minimum absolute atomic E-state index is 0.239. The highest BCUT2D eigenvalue weighted by atomic mass is 32.2. The average molecular weight is 219 g/mol. The van der Waals surface area contributed by atoms with E-state index in [-0.39, 0.29) is 5.41 Å². The Bertz CT molecular complexity index is 371. The third-order valence-corrected chi connectivity index (χ3v) is 3.61. The summed E-state index contributed by atoms with van der Waals surface area (Å²) in [5.74, 6) is 1.14. The molecule has 0 fully saturated rings. The normalized spacial score (nSPS) is 16.6. The number of rotatable bonds is 1. The number of aliphatic imine (C=N–C) groups is 1. The number of benzene rings is 1. The molecular weight excluding hydrogens is 202 g/mol. The summed E-state index contributed by atoms with van der Waals surface area (Å²) < 4.78 is 0. The molecule has 1 aromatic rings. The quantitative estimate of drug-likeness (QED) is 0.704. The summed E-state index contributed by atoms with van der Waals surface area (Å²) in [7, 11) is 0. The fraction of sp³-hybridized carbons (Fsp3) is 0.462. The van der Waals surface area contributed by atoms with Crippen LogP contribution in [0.3, 0.4) is 0 Å². The van der Waals surface area contributed by atoms with Gasteiger partial charge in [0, 0.05) is 17.9 Å². The van der Waals surface area contributed by atoms with Crippen LogP contribution in [0.1, 0.15) is 31.9 Å². The van der Waals surface area contributed by atoms with Crippen LogP contribution in [-0.2, 0) is 5.41 Å². The van der Waals surface area contributed by atoms with Gasteiger partial charge in [0.15, 0.2) is 0 Å². The van der Waals surface area contributed by atoms with Gasteiger partial charge in [-0.3, -0.25) is 4.99 Å². The largest absolute Gasteiger partial charge is 0.277 e. The first-order valence-electron chi connectivity index (χ1n) is 5.35. The van der Waals surface area contributed by atoms with Crippen molar-refractivity contribution in [2.45, 2.75) is 26.2 Å². The Morgan fingerprint density at radius 3 is 2.27 bits per heavy atom. The van der Waals surface area contributed by atoms with Crippen LogP contribution in [0, 0.1) is 0 Å². The van der Waals surface area contributed by atoms with E-state index in [2.05, 4.69) is 50.0 Å². The topological polar surface area (TPSA) is 12.4 Å². The lowest BCUT2D eigenvalue weighted by atomic mass is 9.87. The third-order valence-electron chi connectivity index (χ3n) is 2.58. The highest BCUT2D eigenvalue weighted by Gasteiger charge is 2.14. The van der Waals surface area contributed by atoms with Crippen LogP contribution in [0.5, 0.6) is 0 Å². The van der Waals surface area contributed by atoms with Gasteiger partial charge in [0.2, 0.25) is 0 Å². The van der Waals surface area contributed by atoms with Gasteiger partial charge in [-0.15, -0.1) is 11.8 Å². The Kier molecular flexibility index (Phi) is 2.87. The maximum Gasteiger partial charge on any atom is 0.0977 e. The molecule has 80 valence electrons. The van der Waals surface area contributed by atoms with Gasteiger partial charge in [-0.05, 0) is 11.0 Å².